The highest BCUT2D eigenvalue weighted by atomic mass is 16.5. The number of carbonyl (C=O) groups is 2. The second kappa shape index (κ2) is 13.0. The van der Waals surface area contributed by atoms with Gasteiger partial charge in [-0.1, -0.05) is 85.3 Å². The lowest BCUT2D eigenvalue weighted by molar-refractivity contribution is -0.123. The lowest BCUT2D eigenvalue weighted by atomic mass is 9.98. The molecule has 0 fully saturated rings. The number of unbranched alkanes of at least 4 members (excludes halogenated alkanes) is 2. The number of aliphatic hydroxyl groups is 2. The van der Waals surface area contributed by atoms with Crippen molar-refractivity contribution in [3.8, 4) is 11.1 Å². The van der Waals surface area contributed by atoms with Gasteiger partial charge in [0.25, 0.3) is 0 Å². The summed E-state index contributed by atoms with van der Waals surface area (Å²) in [6.07, 6.45) is 0.966. The number of hydrogen-bond donors (Lipinski definition) is 4. The predicted molar refractivity (Wildman–Crippen MR) is 142 cm³/mol. The van der Waals surface area contributed by atoms with Gasteiger partial charge in [-0.2, -0.15) is 0 Å². The molecule has 0 heterocycles. The molecule has 3 aromatic carbocycles. The van der Waals surface area contributed by atoms with Gasteiger partial charge in [-0.3, -0.25) is 4.79 Å². The first-order chi connectivity index (χ1) is 18.1. The van der Waals surface area contributed by atoms with E-state index in [1.165, 1.54) is 22.3 Å². The number of ether oxygens (including phenoxy) is 1. The number of carbonyl (C=O) groups excluding carboxylic acids is 2. The summed E-state index contributed by atoms with van der Waals surface area (Å²) in [5.74, 6) is -0.196. The molecule has 0 saturated heterocycles. The van der Waals surface area contributed by atoms with Crippen molar-refractivity contribution in [2.24, 2.45) is 0 Å². The van der Waals surface area contributed by atoms with E-state index in [2.05, 4.69) is 34.9 Å². The fourth-order valence-electron chi connectivity index (χ4n) is 4.81. The summed E-state index contributed by atoms with van der Waals surface area (Å²) in [5, 5.41) is 25.5. The van der Waals surface area contributed by atoms with E-state index < -0.39 is 18.2 Å². The summed E-state index contributed by atoms with van der Waals surface area (Å²) in [6.45, 7) is 0.386. The molecule has 1 aliphatic carbocycles. The first-order valence-electron chi connectivity index (χ1n) is 12.8. The van der Waals surface area contributed by atoms with Gasteiger partial charge in [-0.05, 0) is 40.7 Å². The zero-order chi connectivity index (χ0) is 26.0. The smallest absolute Gasteiger partial charge is 0.407 e. The standard InChI is InChI=1S/C30H34N2O5/c33-19-27(29(35)21-11-3-1-4-12-21)32-28(34)17-5-2-10-18-31-30(36)37-20-26-24-15-8-6-13-22(24)23-14-7-9-16-25(23)26/h1,3-4,6-9,11-16,26-27,29,33,35H,2,5,10,17-20H2,(H,31,36)(H,32,34). The number of aliphatic hydroxyl groups excluding tert-OH is 2. The summed E-state index contributed by atoms with van der Waals surface area (Å²) in [7, 11) is 0. The van der Waals surface area contributed by atoms with Gasteiger partial charge in [0.15, 0.2) is 0 Å². The zero-order valence-electron chi connectivity index (χ0n) is 20.8. The molecule has 7 heteroatoms. The van der Waals surface area contributed by atoms with Crippen molar-refractivity contribution in [3.05, 3.63) is 95.6 Å². The van der Waals surface area contributed by atoms with Crippen LogP contribution in [0.15, 0.2) is 78.9 Å². The summed E-state index contributed by atoms with van der Waals surface area (Å²) in [4.78, 5) is 24.5. The molecule has 0 radical (unpaired) electrons. The van der Waals surface area contributed by atoms with Crippen LogP contribution in [0.1, 0.15) is 54.4 Å². The second-order valence-electron chi connectivity index (χ2n) is 9.28. The third-order valence-electron chi connectivity index (χ3n) is 6.76. The molecular weight excluding hydrogens is 468 g/mol. The first-order valence-corrected chi connectivity index (χ1v) is 12.8. The largest absolute Gasteiger partial charge is 0.449 e. The van der Waals surface area contributed by atoms with Crippen molar-refractivity contribution < 1.29 is 24.5 Å². The maximum absolute atomic E-state index is 12.3. The Morgan fingerprint density at radius 2 is 1.46 bits per heavy atom. The SMILES string of the molecule is O=C(CCCCCNC(=O)OCC1c2ccccc2-c2ccccc21)NC(CO)C(O)c1ccccc1. The average Bonchev–Trinajstić information content (AvgIpc) is 3.26. The van der Waals surface area contributed by atoms with Crippen LogP contribution in [0.25, 0.3) is 11.1 Å². The van der Waals surface area contributed by atoms with E-state index in [0.29, 0.717) is 24.9 Å². The fraction of sp³-hybridized carbons (Fsp3) is 0.333. The van der Waals surface area contributed by atoms with Crippen LogP contribution in [0, 0.1) is 0 Å². The number of rotatable bonds is 12. The zero-order valence-corrected chi connectivity index (χ0v) is 20.8. The van der Waals surface area contributed by atoms with Crippen LogP contribution in [0.3, 0.4) is 0 Å². The molecule has 2 amide bonds. The molecule has 0 saturated carbocycles. The molecule has 0 aliphatic heterocycles. The van der Waals surface area contributed by atoms with Crippen LogP contribution in [0.4, 0.5) is 4.79 Å². The van der Waals surface area contributed by atoms with Crippen LogP contribution in [-0.4, -0.2) is 48.0 Å². The van der Waals surface area contributed by atoms with Crippen LogP contribution in [0.5, 0.6) is 0 Å². The maximum atomic E-state index is 12.3. The van der Waals surface area contributed by atoms with E-state index in [-0.39, 0.29) is 31.5 Å². The summed E-state index contributed by atoms with van der Waals surface area (Å²) in [5.41, 5.74) is 5.37. The van der Waals surface area contributed by atoms with Crippen molar-refractivity contribution in [2.75, 3.05) is 19.8 Å². The van der Waals surface area contributed by atoms with Gasteiger partial charge < -0.3 is 25.6 Å². The number of fused-ring (bicyclic) bond motifs is 3. The van der Waals surface area contributed by atoms with Crippen molar-refractivity contribution in [1.82, 2.24) is 10.6 Å². The molecule has 0 aromatic heterocycles. The average molecular weight is 503 g/mol. The second-order valence-corrected chi connectivity index (χ2v) is 9.28. The van der Waals surface area contributed by atoms with Gasteiger partial charge in [-0.15, -0.1) is 0 Å². The van der Waals surface area contributed by atoms with Gasteiger partial charge >= 0.3 is 6.09 Å². The van der Waals surface area contributed by atoms with E-state index in [4.69, 9.17) is 4.74 Å². The van der Waals surface area contributed by atoms with Crippen molar-refractivity contribution >= 4 is 12.0 Å². The Morgan fingerprint density at radius 1 is 0.838 bits per heavy atom. The van der Waals surface area contributed by atoms with E-state index in [1.54, 1.807) is 24.3 Å². The van der Waals surface area contributed by atoms with Crippen LogP contribution < -0.4 is 10.6 Å². The molecule has 4 rings (SSSR count). The number of amides is 2. The van der Waals surface area contributed by atoms with Crippen LogP contribution >= 0.6 is 0 Å². The summed E-state index contributed by atoms with van der Waals surface area (Å²) < 4.78 is 5.54. The molecule has 1 aliphatic rings. The number of hydrogen-bond acceptors (Lipinski definition) is 5. The van der Waals surface area contributed by atoms with E-state index in [1.807, 2.05) is 30.3 Å². The lowest BCUT2D eigenvalue weighted by Crippen LogP contribution is -2.41. The molecular formula is C30H34N2O5. The molecule has 4 N–H and O–H groups in total. The minimum atomic E-state index is -0.975. The Kier molecular flexibility index (Phi) is 9.29. The minimum absolute atomic E-state index is 0.0276. The third-order valence-corrected chi connectivity index (χ3v) is 6.76. The molecule has 0 bridgehead atoms. The Labute approximate surface area is 217 Å². The van der Waals surface area contributed by atoms with Gasteiger partial charge in [0.2, 0.25) is 5.91 Å². The van der Waals surface area contributed by atoms with Crippen LogP contribution in [0.2, 0.25) is 0 Å². The monoisotopic (exact) mass is 502 g/mol. The normalized spacial score (nSPS) is 13.8. The van der Waals surface area contributed by atoms with E-state index >= 15 is 0 Å². The third kappa shape index (κ3) is 6.76. The topological polar surface area (TPSA) is 108 Å². The Balaban J connectivity index is 1.12. The van der Waals surface area contributed by atoms with Gasteiger partial charge in [0.05, 0.1) is 12.6 Å². The molecule has 7 nitrogen and oxygen atoms in total. The number of alkyl carbamates (subject to hydrolysis) is 1. The molecule has 2 atom stereocenters. The Bertz CT molecular complexity index is 1140. The highest BCUT2D eigenvalue weighted by molar-refractivity contribution is 5.79. The van der Waals surface area contributed by atoms with Crippen molar-refractivity contribution in [2.45, 2.75) is 43.7 Å². The summed E-state index contributed by atoms with van der Waals surface area (Å²) in [6, 6.07) is 24.6. The minimum Gasteiger partial charge on any atom is -0.449 e. The van der Waals surface area contributed by atoms with Gasteiger partial charge in [0.1, 0.15) is 12.7 Å². The molecule has 2 unspecified atom stereocenters. The maximum Gasteiger partial charge on any atom is 0.407 e. The highest BCUT2D eigenvalue weighted by Crippen LogP contribution is 2.44. The Morgan fingerprint density at radius 3 is 2.11 bits per heavy atom. The van der Waals surface area contributed by atoms with Crippen molar-refractivity contribution in [3.63, 3.8) is 0 Å². The first kappa shape index (κ1) is 26.4. The molecule has 0 spiro atoms. The fourth-order valence-corrected chi connectivity index (χ4v) is 4.81. The number of nitrogens with one attached hydrogen (secondary N) is 2. The van der Waals surface area contributed by atoms with Crippen LogP contribution in [-0.2, 0) is 9.53 Å². The number of benzene rings is 3. The molecule has 37 heavy (non-hydrogen) atoms. The van der Waals surface area contributed by atoms with Crippen molar-refractivity contribution in [1.29, 1.82) is 0 Å². The van der Waals surface area contributed by atoms with E-state index in [0.717, 1.165) is 6.42 Å². The lowest BCUT2D eigenvalue weighted by Gasteiger charge is -2.22. The van der Waals surface area contributed by atoms with Gasteiger partial charge in [0, 0.05) is 18.9 Å². The molecule has 194 valence electrons. The molecule has 3 aromatic rings. The summed E-state index contributed by atoms with van der Waals surface area (Å²) >= 11 is 0. The Hall–Kier alpha value is -3.68. The van der Waals surface area contributed by atoms with Gasteiger partial charge in [-0.25, -0.2) is 4.79 Å². The highest BCUT2D eigenvalue weighted by Gasteiger charge is 2.29. The predicted octanol–water partition coefficient (Wildman–Crippen LogP) is 4.30. The van der Waals surface area contributed by atoms with E-state index in [9.17, 15) is 19.8 Å². The quantitative estimate of drug-likeness (QED) is 0.276.